The van der Waals surface area contributed by atoms with Gasteiger partial charge in [-0.1, -0.05) is 67.6 Å². The molecule has 1 aliphatic heterocycles. The number of fused-ring (bicyclic) bond motifs is 1. The van der Waals surface area contributed by atoms with Crippen molar-refractivity contribution in [2.75, 3.05) is 17.3 Å². The van der Waals surface area contributed by atoms with E-state index >= 15 is 0 Å². The molecule has 3 aromatic rings. The molecule has 0 aliphatic carbocycles. The molecular formula is C25H24N4O2. The second-order valence-corrected chi connectivity index (χ2v) is 7.31. The van der Waals surface area contributed by atoms with Crippen molar-refractivity contribution < 1.29 is 9.59 Å². The number of benzene rings is 3. The number of aliphatic imine (C=N–C) groups is 1. The third-order valence-electron chi connectivity index (χ3n) is 5.25. The molecule has 1 aliphatic rings. The number of carbonyl (C=O) groups excluding carboxylic acids is 2. The second kappa shape index (κ2) is 8.83. The van der Waals surface area contributed by atoms with Crippen LogP contribution in [-0.2, 0) is 11.2 Å². The Morgan fingerprint density at radius 2 is 1.74 bits per heavy atom. The van der Waals surface area contributed by atoms with Gasteiger partial charge in [0.1, 0.15) is 0 Å². The average molecular weight is 412 g/mol. The summed E-state index contributed by atoms with van der Waals surface area (Å²) in [6.07, 6.45) is -0.187. The van der Waals surface area contributed by atoms with Crippen molar-refractivity contribution in [3.05, 3.63) is 95.6 Å². The molecule has 3 amide bonds. The Hall–Kier alpha value is -3.93. The van der Waals surface area contributed by atoms with E-state index in [1.165, 1.54) is 4.90 Å². The highest BCUT2D eigenvalue weighted by Gasteiger charge is 2.30. The maximum Gasteiger partial charge on any atom is 0.321 e. The number of rotatable bonds is 4. The van der Waals surface area contributed by atoms with Crippen molar-refractivity contribution in [2.24, 2.45) is 4.99 Å². The van der Waals surface area contributed by atoms with Crippen LogP contribution in [0.15, 0.2) is 83.9 Å². The molecule has 0 aromatic heterocycles. The maximum absolute atomic E-state index is 13.1. The van der Waals surface area contributed by atoms with E-state index in [1.807, 2.05) is 78.9 Å². The number of hydrogen-bond donors (Lipinski definition) is 2. The number of carbonyl (C=O) groups is 2. The zero-order chi connectivity index (χ0) is 21.8. The number of urea groups is 1. The number of amides is 3. The molecule has 0 spiro atoms. The molecule has 3 aromatic carbocycles. The summed E-state index contributed by atoms with van der Waals surface area (Å²) >= 11 is 0. The highest BCUT2D eigenvalue weighted by atomic mass is 16.2. The maximum atomic E-state index is 13.1. The van der Waals surface area contributed by atoms with Crippen LogP contribution < -0.4 is 15.5 Å². The van der Waals surface area contributed by atoms with Crippen LogP contribution >= 0.6 is 0 Å². The molecule has 156 valence electrons. The van der Waals surface area contributed by atoms with Crippen molar-refractivity contribution in [2.45, 2.75) is 19.5 Å². The molecule has 0 fully saturated rings. The number of nitrogens with zero attached hydrogens (tertiary/aromatic N) is 2. The molecule has 6 heteroatoms. The number of nitrogens with one attached hydrogen (secondary N) is 2. The first-order chi connectivity index (χ1) is 15.1. The minimum atomic E-state index is -1.05. The predicted molar refractivity (Wildman–Crippen MR) is 124 cm³/mol. The highest BCUT2D eigenvalue weighted by molar-refractivity contribution is 6.20. The number of para-hydroxylation sites is 1. The van der Waals surface area contributed by atoms with Crippen LogP contribution in [-0.4, -0.2) is 30.9 Å². The van der Waals surface area contributed by atoms with Gasteiger partial charge in [0, 0.05) is 23.9 Å². The van der Waals surface area contributed by atoms with Crippen molar-refractivity contribution in [1.82, 2.24) is 5.32 Å². The molecule has 6 nitrogen and oxygen atoms in total. The van der Waals surface area contributed by atoms with Gasteiger partial charge >= 0.3 is 6.03 Å². The topological polar surface area (TPSA) is 73.8 Å². The molecule has 1 heterocycles. The van der Waals surface area contributed by atoms with Crippen LogP contribution in [0.1, 0.15) is 23.6 Å². The molecule has 0 saturated heterocycles. The summed E-state index contributed by atoms with van der Waals surface area (Å²) in [6.45, 7) is 2.05. The normalized spacial score (nSPS) is 15.5. The van der Waals surface area contributed by atoms with Gasteiger partial charge in [0.25, 0.3) is 5.91 Å². The van der Waals surface area contributed by atoms with Crippen molar-refractivity contribution >= 4 is 29.0 Å². The number of anilines is 2. The van der Waals surface area contributed by atoms with Crippen molar-refractivity contribution in [3.8, 4) is 0 Å². The van der Waals surface area contributed by atoms with Crippen LogP contribution in [0.25, 0.3) is 0 Å². The van der Waals surface area contributed by atoms with E-state index < -0.39 is 12.2 Å². The third-order valence-corrected chi connectivity index (χ3v) is 5.25. The first-order valence-electron chi connectivity index (χ1n) is 10.2. The quantitative estimate of drug-likeness (QED) is 0.674. The van der Waals surface area contributed by atoms with Crippen LogP contribution in [0.3, 0.4) is 0 Å². The number of likely N-dealkylation sites (N-methyl/N-ethyl adjacent to an activating group) is 1. The Morgan fingerprint density at radius 3 is 2.52 bits per heavy atom. The van der Waals surface area contributed by atoms with Gasteiger partial charge in [-0.25, -0.2) is 9.79 Å². The van der Waals surface area contributed by atoms with E-state index in [0.717, 1.165) is 28.8 Å². The minimum absolute atomic E-state index is 0.309. The summed E-state index contributed by atoms with van der Waals surface area (Å²) in [5, 5.41) is 5.54. The van der Waals surface area contributed by atoms with Crippen molar-refractivity contribution in [1.29, 1.82) is 0 Å². The van der Waals surface area contributed by atoms with Gasteiger partial charge in [0.15, 0.2) is 0 Å². The summed E-state index contributed by atoms with van der Waals surface area (Å²) in [5.41, 5.74) is 4.90. The lowest BCUT2D eigenvalue weighted by atomic mass is 10.0. The van der Waals surface area contributed by atoms with Gasteiger partial charge in [0.2, 0.25) is 6.17 Å². The smallest absolute Gasteiger partial charge is 0.311 e. The van der Waals surface area contributed by atoms with Gasteiger partial charge in [-0.3, -0.25) is 4.79 Å². The van der Waals surface area contributed by atoms with Crippen LogP contribution in [0, 0.1) is 0 Å². The Bertz CT molecular complexity index is 1140. The van der Waals surface area contributed by atoms with Crippen LogP contribution in [0.2, 0.25) is 0 Å². The lowest BCUT2D eigenvalue weighted by Gasteiger charge is -2.21. The molecule has 2 N–H and O–H groups in total. The zero-order valence-corrected chi connectivity index (χ0v) is 17.5. The molecule has 0 radical (unpaired) electrons. The number of hydrogen-bond acceptors (Lipinski definition) is 3. The third kappa shape index (κ3) is 4.33. The lowest BCUT2D eigenvalue weighted by molar-refractivity contribution is -0.119. The highest BCUT2D eigenvalue weighted by Crippen LogP contribution is 2.27. The van der Waals surface area contributed by atoms with E-state index in [-0.39, 0.29) is 5.91 Å². The Morgan fingerprint density at radius 1 is 1.00 bits per heavy atom. The van der Waals surface area contributed by atoms with E-state index in [1.54, 1.807) is 7.05 Å². The standard InChI is InChI=1S/C25H24N4O2/c1-3-17-10-9-13-19(16-17)26-25(31)28-23-24(30)29(2)21-15-8-7-14-20(21)22(27-23)18-11-5-4-6-12-18/h4-16,23H,3H2,1-2H3,(H2,26,28,31). The average Bonchev–Trinajstić information content (AvgIpc) is 2.90. The monoisotopic (exact) mass is 412 g/mol. The van der Waals surface area contributed by atoms with Crippen LogP contribution in [0.4, 0.5) is 16.2 Å². The molecule has 31 heavy (non-hydrogen) atoms. The SMILES string of the molecule is CCc1cccc(NC(=O)NC2N=C(c3ccccc3)c3ccccc3N(C)C2=O)c1. The Labute approximate surface area is 181 Å². The van der Waals surface area contributed by atoms with Gasteiger partial charge in [0.05, 0.1) is 11.4 Å². The fraction of sp³-hybridized carbons (Fsp3) is 0.160. The molecule has 0 bridgehead atoms. The molecular weight excluding hydrogens is 388 g/mol. The van der Waals surface area contributed by atoms with Crippen molar-refractivity contribution in [3.63, 3.8) is 0 Å². The summed E-state index contributed by atoms with van der Waals surface area (Å²) < 4.78 is 0. The van der Waals surface area contributed by atoms with Gasteiger partial charge in [-0.05, 0) is 30.2 Å². The van der Waals surface area contributed by atoms with Gasteiger partial charge in [-0.15, -0.1) is 0 Å². The van der Waals surface area contributed by atoms with Gasteiger partial charge in [-0.2, -0.15) is 0 Å². The van der Waals surface area contributed by atoms with Gasteiger partial charge < -0.3 is 15.5 Å². The lowest BCUT2D eigenvalue weighted by Crippen LogP contribution is -2.47. The van der Waals surface area contributed by atoms with E-state index in [4.69, 9.17) is 0 Å². The first-order valence-corrected chi connectivity index (χ1v) is 10.2. The summed E-state index contributed by atoms with van der Waals surface area (Å²) in [4.78, 5) is 32.1. The van der Waals surface area contributed by atoms with E-state index in [9.17, 15) is 9.59 Å². The van der Waals surface area contributed by atoms with Crippen LogP contribution in [0.5, 0.6) is 0 Å². The fourth-order valence-corrected chi connectivity index (χ4v) is 3.60. The summed E-state index contributed by atoms with van der Waals surface area (Å²) in [5.74, 6) is -0.309. The molecule has 4 rings (SSSR count). The molecule has 1 atom stereocenters. The zero-order valence-electron chi connectivity index (χ0n) is 17.5. The Balaban J connectivity index is 1.66. The summed E-state index contributed by atoms with van der Waals surface area (Å²) in [7, 11) is 1.70. The van der Waals surface area contributed by atoms with E-state index in [0.29, 0.717) is 11.4 Å². The molecule has 1 unspecified atom stereocenters. The number of benzodiazepines with no additional fused rings is 1. The predicted octanol–water partition coefficient (Wildman–Crippen LogP) is 4.21. The fourth-order valence-electron chi connectivity index (χ4n) is 3.60. The Kier molecular flexibility index (Phi) is 5.80. The first kappa shape index (κ1) is 20.3. The summed E-state index contributed by atoms with van der Waals surface area (Å²) in [6, 6.07) is 24.4. The van der Waals surface area contributed by atoms with E-state index in [2.05, 4.69) is 22.5 Å². The number of aryl methyl sites for hydroxylation is 1. The molecule has 0 saturated carbocycles. The minimum Gasteiger partial charge on any atom is -0.311 e. The largest absolute Gasteiger partial charge is 0.321 e. The second-order valence-electron chi connectivity index (χ2n) is 7.31.